The molecule has 3 heterocycles. The Morgan fingerprint density at radius 2 is 2.12 bits per heavy atom. The van der Waals surface area contributed by atoms with Crippen molar-refractivity contribution in [2.45, 2.75) is 13.5 Å². The molecular formula is C18H13ClN2O2S2. The Morgan fingerprint density at radius 3 is 2.84 bits per heavy atom. The fraction of sp³-hybridized carbons (Fsp3) is 0.111. The Bertz CT molecular complexity index is 1040. The number of furan rings is 1. The van der Waals surface area contributed by atoms with Crippen LogP contribution in [0, 0.1) is 6.92 Å². The summed E-state index contributed by atoms with van der Waals surface area (Å²) < 4.78 is 7.07. The minimum absolute atomic E-state index is 0.135. The van der Waals surface area contributed by atoms with Gasteiger partial charge in [-0.05, 0) is 48.9 Å². The van der Waals surface area contributed by atoms with Crippen molar-refractivity contribution in [2.24, 2.45) is 0 Å². The van der Waals surface area contributed by atoms with Crippen molar-refractivity contribution >= 4 is 55.5 Å². The monoisotopic (exact) mass is 388 g/mol. The van der Waals surface area contributed by atoms with Crippen LogP contribution in [0.15, 0.2) is 53.1 Å². The molecule has 0 fully saturated rings. The number of anilines is 1. The maximum atomic E-state index is 13.0. The van der Waals surface area contributed by atoms with E-state index >= 15 is 0 Å². The lowest BCUT2D eigenvalue weighted by Crippen LogP contribution is -2.29. The fourth-order valence-electron chi connectivity index (χ4n) is 2.48. The largest absolute Gasteiger partial charge is 0.467 e. The molecule has 0 unspecified atom stereocenters. The third kappa shape index (κ3) is 3.33. The van der Waals surface area contributed by atoms with Gasteiger partial charge in [0.05, 0.1) is 32.2 Å². The third-order valence-corrected chi connectivity index (χ3v) is 5.95. The fourth-order valence-corrected chi connectivity index (χ4v) is 4.54. The SMILES string of the molecule is Cc1ccc2nc(N(Cc3ccco3)C(=O)c3ccc(Cl)s3)sc2c1. The molecule has 7 heteroatoms. The quantitative estimate of drug-likeness (QED) is 0.446. The van der Waals surface area contributed by atoms with E-state index in [0.717, 1.165) is 15.8 Å². The van der Waals surface area contributed by atoms with Crippen molar-refractivity contribution in [2.75, 3.05) is 4.90 Å². The summed E-state index contributed by atoms with van der Waals surface area (Å²) in [6, 6.07) is 13.2. The Kier molecular flexibility index (Phi) is 4.33. The summed E-state index contributed by atoms with van der Waals surface area (Å²) in [7, 11) is 0. The molecule has 3 aromatic heterocycles. The molecule has 126 valence electrons. The minimum Gasteiger partial charge on any atom is -0.467 e. The lowest BCUT2D eigenvalue weighted by Gasteiger charge is -2.17. The van der Waals surface area contributed by atoms with Crippen LogP contribution < -0.4 is 4.90 Å². The molecule has 0 radical (unpaired) electrons. The average molecular weight is 389 g/mol. The predicted octanol–water partition coefficient (Wildman–Crippen LogP) is 5.76. The van der Waals surface area contributed by atoms with Crippen LogP contribution in [0.2, 0.25) is 4.34 Å². The van der Waals surface area contributed by atoms with Gasteiger partial charge >= 0.3 is 0 Å². The highest BCUT2D eigenvalue weighted by atomic mass is 35.5. The zero-order valence-corrected chi connectivity index (χ0v) is 15.6. The van der Waals surface area contributed by atoms with E-state index in [9.17, 15) is 4.79 Å². The number of thiazole rings is 1. The first kappa shape index (κ1) is 16.3. The molecule has 1 amide bonds. The normalized spacial score (nSPS) is 11.1. The summed E-state index contributed by atoms with van der Waals surface area (Å²) in [5.41, 5.74) is 2.05. The van der Waals surface area contributed by atoms with E-state index in [4.69, 9.17) is 16.0 Å². The van der Waals surface area contributed by atoms with Gasteiger partial charge < -0.3 is 4.42 Å². The van der Waals surface area contributed by atoms with E-state index in [0.29, 0.717) is 26.7 Å². The number of halogens is 1. The maximum absolute atomic E-state index is 13.0. The first-order valence-electron chi connectivity index (χ1n) is 7.57. The predicted molar refractivity (Wildman–Crippen MR) is 103 cm³/mol. The molecule has 4 rings (SSSR count). The van der Waals surface area contributed by atoms with E-state index in [2.05, 4.69) is 11.1 Å². The van der Waals surface area contributed by atoms with Crippen LogP contribution in [-0.4, -0.2) is 10.9 Å². The van der Waals surface area contributed by atoms with E-state index in [1.54, 1.807) is 23.3 Å². The van der Waals surface area contributed by atoms with Crippen molar-refractivity contribution in [3.8, 4) is 0 Å². The second-order valence-electron chi connectivity index (χ2n) is 5.54. The summed E-state index contributed by atoms with van der Waals surface area (Å²) in [6.07, 6.45) is 1.60. The number of carbonyl (C=O) groups excluding carboxylic acids is 1. The van der Waals surface area contributed by atoms with Gasteiger partial charge in [0.25, 0.3) is 5.91 Å². The summed E-state index contributed by atoms with van der Waals surface area (Å²) in [6.45, 7) is 2.36. The van der Waals surface area contributed by atoms with Crippen LogP contribution in [0.1, 0.15) is 21.0 Å². The first-order chi connectivity index (χ1) is 12.1. The average Bonchev–Trinajstić information content (AvgIpc) is 3.31. The molecule has 4 nitrogen and oxygen atoms in total. The molecule has 0 aliphatic heterocycles. The summed E-state index contributed by atoms with van der Waals surface area (Å²) >= 11 is 8.75. The number of nitrogens with zero attached hydrogens (tertiary/aromatic N) is 2. The molecule has 1 aromatic carbocycles. The van der Waals surface area contributed by atoms with E-state index in [1.807, 2.05) is 31.2 Å². The zero-order chi connectivity index (χ0) is 17.4. The van der Waals surface area contributed by atoms with Gasteiger partial charge in [-0.1, -0.05) is 29.0 Å². The Morgan fingerprint density at radius 1 is 1.24 bits per heavy atom. The second kappa shape index (κ2) is 6.63. The lowest BCUT2D eigenvalue weighted by atomic mass is 10.2. The smallest absolute Gasteiger partial charge is 0.270 e. The van der Waals surface area contributed by atoms with Gasteiger partial charge in [0, 0.05) is 0 Å². The molecule has 0 N–H and O–H groups in total. The van der Waals surface area contributed by atoms with Crippen molar-refractivity contribution in [3.05, 3.63) is 69.3 Å². The number of fused-ring (bicyclic) bond motifs is 1. The van der Waals surface area contributed by atoms with Gasteiger partial charge in [-0.3, -0.25) is 9.69 Å². The zero-order valence-electron chi connectivity index (χ0n) is 13.2. The highest BCUT2D eigenvalue weighted by Crippen LogP contribution is 2.33. The highest BCUT2D eigenvalue weighted by molar-refractivity contribution is 7.22. The van der Waals surface area contributed by atoms with Crippen molar-refractivity contribution in [1.29, 1.82) is 0 Å². The molecular weight excluding hydrogens is 376 g/mol. The van der Waals surface area contributed by atoms with Crippen LogP contribution >= 0.6 is 34.3 Å². The van der Waals surface area contributed by atoms with Gasteiger partial charge in [0.15, 0.2) is 5.13 Å². The number of amides is 1. The standard InChI is InChI=1S/C18H13ClN2O2S2/c1-11-4-5-13-15(9-11)25-18(20-13)21(10-12-3-2-8-23-12)17(22)14-6-7-16(19)24-14/h2-9H,10H2,1H3. The molecule has 0 saturated carbocycles. The van der Waals surface area contributed by atoms with Crippen molar-refractivity contribution in [1.82, 2.24) is 4.98 Å². The number of thiophene rings is 1. The summed E-state index contributed by atoms with van der Waals surface area (Å²) in [5, 5.41) is 0.645. The number of benzene rings is 1. The third-order valence-electron chi connectivity index (χ3n) is 3.69. The number of aromatic nitrogens is 1. The molecule has 0 saturated heterocycles. The van der Waals surface area contributed by atoms with Crippen LogP contribution in [0.4, 0.5) is 5.13 Å². The Balaban J connectivity index is 1.76. The van der Waals surface area contributed by atoms with E-state index < -0.39 is 0 Å². The lowest BCUT2D eigenvalue weighted by molar-refractivity contribution is 0.0987. The molecule has 0 aliphatic rings. The molecule has 0 spiro atoms. The minimum atomic E-state index is -0.135. The second-order valence-corrected chi connectivity index (χ2v) is 8.27. The van der Waals surface area contributed by atoms with Crippen LogP contribution in [0.3, 0.4) is 0 Å². The van der Waals surface area contributed by atoms with Crippen molar-refractivity contribution in [3.63, 3.8) is 0 Å². The summed E-state index contributed by atoms with van der Waals surface area (Å²) in [5.74, 6) is 0.565. The number of carbonyl (C=O) groups is 1. The number of aryl methyl sites for hydroxylation is 1. The maximum Gasteiger partial charge on any atom is 0.270 e. The van der Waals surface area contributed by atoms with Gasteiger partial charge in [-0.15, -0.1) is 11.3 Å². The topological polar surface area (TPSA) is 46.3 Å². The molecule has 0 aliphatic carbocycles. The molecule has 4 aromatic rings. The Labute approximate surface area is 157 Å². The van der Waals surface area contributed by atoms with Gasteiger partial charge in [-0.2, -0.15) is 0 Å². The highest BCUT2D eigenvalue weighted by Gasteiger charge is 2.24. The van der Waals surface area contributed by atoms with Crippen LogP contribution in [0.25, 0.3) is 10.2 Å². The van der Waals surface area contributed by atoms with Crippen LogP contribution in [0.5, 0.6) is 0 Å². The van der Waals surface area contributed by atoms with Crippen molar-refractivity contribution < 1.29 is 9.21 Å². The van der Waals surface area contributed by atoms with E-state index in [1.165, 1.54) is 22.7 Å². The molecule has 0 bridgehead atoms. The van der Waals surface area contributed by atoms with E-state index in [-0.39, 0.29) is 5.91 Å². The molecule has 0 atom stereocenters. The van der Waals surface area contributed by atoms with Gasteiger partial charge in [0.1, 0.15) is 5.76 Å². The first-order valence-corrected chi connectivity index (χ1v) is 9.58. The van der Waals surface area contributed by atoms with Crippen LogP contribution in [-0.2, 0) is 6.54 Å². The van der Waals surface area contributed by atoms with Gasteiger partial charge in [-0.25, -0.2) is 4.98 Å². The Hall–Kier alpha value is -2.15. The number of hydrogen-bond donors (Lipinski definition) is 0. The molecule has 25 heavy (non-hydrogen) atoms. The van der Waals surface area contributed by atoms with Gasteiger partial charge in [0.2, 0.25) is 0 Å². The summed E-state index contributed by atoms with van der Waals surface area (Å²) in [4.78, 5) is 19.9. The number of rotatable bonds is 4. The number of hydrogen-bond acceptors (Lipinski definition) is 5.